The smallest absolute Gasteiger partial charge is 0.255 e. The first-order chi connectivity index (χ1) is 13.4. The molecule has 0 saturated heterocycles. The number of likely N-dealkylation sites (N-methyl/N-ethyl adjacent to an activating group) is 1. The van der Waals surface area contributed by atoms with Crippen molar-refractivity contribution in [3.63, 3.8) is 0 Å². The van der Waals surface area contributed by atoms with E-state index in [9.17, 15) is 14.0 Å². The fourth-order valence-electron chi connectivity index (χ4n) is 3.53. The van der Waals surface area contributed by atoms with Crippen molar-refractivity contribution in [2.45, 2.75) is 13.0 Å². The van der Waals surface area contributed by atoms with Crippen molar-refractivity contribution < 1.29 is 18.4 Å². The summed E-state index contributed by atoms with van der Waals surface area (Å²) < 4.78 is 19.4. The van der Waals surface area contributed by atoms with Crippen LogP contribution in [0.4, 0.5) is 10.1 Å². The van der Waals surface area contributed by atoms with Gasteiger partial charge in [0.15, 0.2) is 0 Å². The van der Waals surface area contributed by atoms with Gasteiger partial charge < -0.3 is 20.0 Å². The van der Waals surface area contributed by atoms with Crippen molar-refractivity contribution in [2.75, 3.05) is 26.0 Å². The van der Waals surface area contributed by atoms with Gasteiger partial charge in [-0.3, -0.25) is 9.59 Å². The second-order valence-electron chi connectivity index (χ2n) is 6.86. The highest BCUT2D eigenvalue weighted by Crippen LogP contribution is 2.39. The van der Waals surface area contributed by atoms with E-state index in [-0.39, 0.29) is 30.2 Å². The van der Waals surface area contributed by atoms with Crippen molar-refractivity contribution in [1.82, 2.24) is 10.2 Å². The number of hydrogen-bond acceptors (Lipinski definition) is 4. The van der Waals surface area contributed by atoms with E-state index in [0.717, 1.165) is 11.3 Å². The van der Waals surface area contributed by atoms with E-state index in [2.05, 4.69) is 10.6 Å². The molecule has 144 valence electrons. The number of halogens is 1. The molecule has 2 heterocycles. The number of benzene rings is 2. The molecule has 0 unspecified atom stereocenters. The van der Waals surface area contributed by atoms with Crippen LogP contribution >= 0.6 is 0 Å². The Morgan fingerprint density at radius 3 is 2.68 bits per heavy atom. The molecular formula is C21H20FN3O3. The van der Waals surface area contributed by atoms with Gasteiger partial charge in [-0.1, -0.05) is 0 Å². The highest BCUT2D eigenvalue weighted by Gasteiger charge is 2.28. The minimum atomic E-state index is -0.362. The normalized spacial score (nSPS) is 16.5. The van der Waals surface area contributed by atoms with Crippen molar-refractivity contribution in [3.8, 4) is 11.3 Å². The number of amides is 2. The van der Waals surface area contributed by atoms with Crippen LogP contribution in [0.25, 0.3) is 22.3 Å². The molecule has 2 amide bonds. The standard InChI is InChI=1S/C21H20FN3O3/c1-11-14-8-15-17(9-16(14)24-10-18(26)25(11)3)28-20(19(15)21(27)23-2)12-4-6-13(22)7-5-12/h4-9,11,24H,10H2,1-3H3,(H,23,27)/t11-/m1/s1. The molecule has 28 heavy (non-hydrogen) atoms. The summed E-state index contributed by atoms with van der Waals surface area (Å²) in [6.07, 6.45) is 0. The van der Waals surface area contributed by atoms with Crippen molar-refractivity contribution in [3.05, 3.63) is 53.3 Å². The lowest BCUT2D eigenvalue weighted by Gasteiger charge is -2.23. The van der Waals surface area contributed by atoms with E-state index in [0.29, 0.717) is 27.9 Å². The number of carbonyl (C=O) groups excluding carboxylic acids is 2. The first-order valence-corrected chi connectivity index (χ1v) is 8.98. The van der Waals surface area contributed by atoms with Crippen LogP contribution in [0.5, 0.6) is 0 Å². The number of anilines is 1. The molecule has 1 atom stereocenters. The highest BCUT2D eigenvalue weighted by molar-refractivity contribution is 6.12. The van der Waals surface area contributed by atoms with Gasteiger partial charge in [0, 0.05) is 36.8 Å². The Hall–Kier alpha value is -3.35. The zero-order chi connectivity index (χ0) is 20.0. The molecule has 2 N–H and O–H groups in total. The van der Waals surface area contributed by atoms with Crippen LogP contribution in [0.2, 0.25) is 0 Å². The van der Waals surface area contributed by atoms with Crippen LogP contribution in [-0.2, 0) is 4.79 Å². The van der Waals surface area contributed by atoms with Crippen LogP contribution in [0.3, 0.4) is 0 Å². The van der Waals surface area contributed by atoms with Crippen LogP contribution in [0.1, 0.15) is 28.9 Å². The molecule has 1 aliphatic rings. The summed E-state index contributed by atoms with van der Waals surface area (Å²) in [4.78, 5) is 26.5. The summed E-state index contributed by atoms with van der Waals surface area (Å²) in [5.41, 5.74) is 3.21. The molecule has 0 spiro atoms. The zero-order valence-corrected chi connectivity index (χ0v) is 15.8. The zero-order valence-electron chi connectivity index (χ0n) is 15.8. The maximum atomic E-state index is 13.3. The second kappa shape index (κ2) is 6.67. The number of rotatable bonds is 2. The van der Waals surface area contributed by atoms with E-state index >= 15 is 0 Å². The third-order valence-electron chi connectivity index (χ3n) is 5.28. The molecule has 0 aliphatic carbocycles. The molecular weight excluding hydrogens is 361 g/mol. The number of carbonyl (C=O) groups is 2. The number of nitrogens with one attached hydrogen (secondary N) is 2. The van der Waals surface area contributed by atoms with Gasteiger partial charge in [-0.25, -0.2) is 4.39 Å². The fourth-order valence-corrected chi connectivity index (χ4v) is 3.53. The largest absolute Gasteiger partial charge is 0.455 e. The summed E-state index contributed by atoms with van der Waals surface area (Å²) in [7, 11) is 3.31. The number of fused-ring (bicyclic) bond motifs is 2. The Bertz CT molecular complexity index is 1090. The predicted molar refractivity (Wildman–Crippen MR) is 105 cm³/mol. The lowest BCUT2D eigenvalue weighted by atomic mass is 9.99. The molecule has 3 aromatic rings. The quantitative estimate of drug-likeness (QED) is 0.712. The van der Waals surface area contributed by atoms with Gasteiger partial charge in [0.05, 0.1) is 18.2 Å². The highest BCUT2D eigenvalue weighted by atomic mass is 19.1. The van der Waals surface area contributed by atoms with Gasteiger partial charge in [0.1, 0.15) is 17.2 Å². The van der Waals surface area contributed by atoms with E-state index in [1.165, 1.54) is 12.1 Å². The Labute approximate surface area is 161 Å². The van der Waals surface area contributed by atoms with Crippen LogP contribution < -0.4 is 10.6 Å². The Morgan fingerprint density at radius 1 is 1.29 bits per heavy atom. The molecule has 1 aliphatic heterocycles. The first kappa shape index (κ1) is 18.0. The van der Waals surface area contributed by atoms with Gasteiger partial charge in [0.25, 0.3) is 5.91 Å². The summed E-state index contributed by atoms with van der Waals surface area (Å²) in [6, 6.07) is 9.36. The van der Waals surface area contributed by atoms with E-state index in [1.807, 2.05) is 19.1 Å². The lowest BCUT2D eigenvalue weighted by molar-refractivity contribution is -0.129. The lowest BCUT2D eigenvalue weighted by Crippen LogP contribution is -2.31. The predicted octanol–water partition coefficient (Wildman–Crippen LogP) is 3.54. The number of hydrogen-bond donors (Lipinski definition) is 2. The van der Waals surface area contributed by atoms with Crippen molar-refractivity contribution in [2.24, 2.45) is 0 Å². The van der Waals surface area contributed by atoms with Gasteiger partial charge in [0.2, 0.25) is 5.91 Å². The van der Waals surface area contributed by atoms with Gasteiger partial charge in [-0.15, -0.1) is 0 Å². The van der Waals surface area contributed by atoms with Gasteiger partial charge in [-0.05, 0) is 42.8 Å². The minimum absolute atomic E-state index is 0.0150. The summed E-state index contributed by atoms with van der Waals surface area (Å²) >= 11 is 0. The van der Waals surface area contributed by atoms with E-state index in [4.69, 9.17) is 4.42 Å². The fraction of sp³-hybridized carbons (Fsp3) is 0.238. The SMILES string of the molecule is CNC(=O)c1c(-c2ccc(F)cc2)oc2cc3c(cc12)[C@@H](C)N(C)C(=O)CN3. The summed E-state index contributed by atoms with van der Waals surface area (Å²) in [5, 5.41) is 6.44. The van der Waals surface area contributed by atoms with Crippen LogP contribution in [-0.4, -0.2) is 37.4 Å². The van der Waals surface area contributed by atoms with E-state index in [1.54, 1.807) is 31.1 Å². The van der Waals surface area contributed by atoms with Crippen molar-refractivity contribution in [1.29, 1.82) is 0 Å². The molecule has 7 heteroatoms. The molecule has 0 saturated carbocycles. The third-order valence-corrected chi connectivity index (χ3v) is 5.28. The van der Waals surface area contributed by atoms with E-state index < -0.39 is 0 Å². The Balaban J connectivity index is 1.97. The third kappa shape index (κ3) is 2.79. The monoisotopic (exact) mass is 381 g/mol. The summed E-state index contributed by atoms with van der Waals surface area (Å²) in [5.74, 6) is -0.291. The molecule has 2 aromatic carbocycles. The molecule has 0 bridgehead atoms. The molecule has 1 aromatic heterocycles. The molecule has 0 radical (unpaired) electrons. The Morgan fingerprint density at radius 2 is 2.00 bits per heavy atom. The number of furan rings is 1. The first-order valence-electron chi connectivity index (χ1n) is 8.98. The van der Waals surface area contributed by atoms with Gasteiger partial charge in [-0.2, -0.15) is 0 Å². The molecule has 4 rings (SSSR count). The number of nitrogens with zero attached hydrogens (tertiary/aromatic N) is 1. The molecule has 6 nitrogen and oxygen atoms in total. The average Bonchev–Trinajstić information content (AvgIpc) is 3.03. The summed E-state index contributed by atoms with van der Waals surface area (Å²) in [6.45, 7) is 2.13. The van der Waals surface area contributed by atoms with Crippen LogP contribution in [0.15, 0.2) is 40.8 Å². The van der Waals surface area contributed by atoms with Gasteiger partial charge >= 0.3 is 0 Å². The topological polar surface area (TPSA) is 74.6 Å². The average molecular weight is 381 g/mol. The van der Waals surface area contributed by atoms with Crippen molar-refractivity contribution >= 4 is 28.5 Å². The Kier molecular flexibility index (Phi) is 4.30. The molecule has 0 fully saturated rings. The minimum Gasteiger partial charge on any atom is -0.455 e. The maximum Gasteiger partial charge on any atom is 0.255 e. The maximum absolute atomic E-state index is 13.3. The second-order valence-corrected chi connectivity index (χ2v) is 6.86. The van der Waals surface area contributed by atoms with Crippen LogP contribution in [0, 0.1) is 5.82 Å².